The van der Waals surface area contributed by atoms with Crippen LogP contribution in [0.5, 0.6) is 5.75 Å². The molecule has 0 radical (unpaired) electrons. The molecule has 5 rings (SSSR count). The standard InChI is InChI=1S/C30H22FN3O4/c1-18-27-25(33-34-29(35)23-5-2-3-6-24(23)31)7-4-8-26(27)38-28(18)30(36)37-22-15-13-21(14-16-22)20-11-9-19(17-32)10-12-20/h2-3,5-6,9-16H,4,7-8H2,1H3,(H,34,35)/b33-25+. The summed E-state index contributed by atoms with van der Waals surface area (Å²) < 4.78 is 25.4. The molecule has 0 aliphatic heterocycles. The zero-order valence-electron chi connectivity index (χ0n) is 20.5. The molecule has 1 aromatic heterocycles. The number of fused-ring (bicyclic) bond motifs is 1. The van der Waals surface area contributed by atoms with E-state index >= 15 is 0 Å². The van der Waals surface area contributed by atoms with Crippen molar-refractivity contribution in [2.24, 2.45) is 5.10 Å². The molecule has 0 saturated heterocycles. The van der Waals surface area contributed by atoms with Gasteiger partial charge in [-0.25, -0.2) is 14.6 Å². The van der Waals surface area contributed by atoms with Crippen LogP contribution in [-0.2, 0) is 6.42 Å². The highest BCUT2D eigenvalue weighted by atomic mass is 19.1. The molecular weight excluding hydrogens is 485 g/mol. The molecule has 0 atom stereocenters. The highest BCUT2D eigenvalue weighted by Crippen LogP contribution is 2.31. The lowest BCUT2D eigenvalue weighted by Crippen LogP contribution is -2.23. The van der Waals surface area contributed by atoms with Crippen LogP contribution in [0.3, 0.4) is 0 Å². The number of hydrogen-bond donors (Lipinski definition) is 1. The summed E-state index contributed by atoms with van der Waals surface area (Å²) in [6, 6.07) is 22.0. The van der Waals surface area contributed by atoms with Crippen molar-refractivity contribution in [2.45, 2.75) is 26.2 Å². The highest BCUT2D eigenvalue weighted by Gasteiger charge is 2.29. The predicted molar refractivity (Wildman–Crippen MR) is 138 cm³/mol. The molecule has 0 unspecified atom stereocenters. The van der Waals surface area contributed by atoms with Gasteiger partial charge in [-0.1, -0.05) is 36.4 Å². The molecule has 1 aliphatic carbocycles. The second-order valence-corrected chi connectivity index (χ2v) is 8.79. The number of halogens is 1. The molecule has 0 bridgehead atoms. The third kappa shape index (κ3) is 4.95. The van der Waals surface area contributed by atoms with Gasteiger partial charge in [-0.15, -0.1) is 0 Å². The molecule has 0 saturated carbocycles. The summed E-state index contributed by atoms with van der Waals surface area (Å²) in [5, 5.41) is 13.2. The number of rotatable bonds is 5. The van der Waals surface area contributed by atoms with Crippen LogP contribution in [0.25, 0.3) is 11.1 Å². The smallest absolute Gasteiger partial charge is 0.379 e. The molecule has 1 heterocycles. The first-order chi connectivity index (χ1) is 18.4. The first kappa shape index (κ1) is 24.7. The molecule has 38 heavy (non-hydrogen) atoms. The predicted octanol–water partition coefficient (Wildman–Crippen LogP) is 5.96. The van der Waals surface area contributed by atoms with Gasteiger partial charge < -0.3 is 9.15 Å². The first-order valence-electron chi connectivity index (χ1n) is 12.0. The lowest BCUT2D eigenvalue weighted by atomic mass is 9.93. The second-order valence-electron chi connectivity index (χ2n) is 8.79. The molecule has 0 spiro atoms. The third-order valence-corrected chi connectivity index (χ3v) is 6.33. The van der Waals surface area contributed by atoms with Crippen molar-refractivity contribution < 1.29 is 23.1 Å². The van der Waals surface area contributed by atoms with Crippen LogP contribution in [0.2, 0.25) is 0 Å². The number of nitrogens with one attached hydrogen (secondary N) is 1. The van der Waals surface area contributed by atoms with Crippen LogP contribution >= 0.6 is 0 Å². The van der Waals surface area contributed by atoms with Crippen LogP contribution in [0, 0.1) is 24.1 Å². The Kier molecular flexibility index (Phi) is 6.83. The molecule has 8 heteroatoms. The van der Waals surface area contributed by atoms with Crippen molar-refractivity contribution in [1.29, 1.82) is 5.26 Å². The van der Waals surface area contributed by atoms with Gasteiger partial charge in [0, 0.05) is 17.5 Å². The van der Waals surface area contributed by atoms with Crippen molar-refractivity contribution in [3.63, 3.8) is 0 Å². The summed E-state index contributed by atoms with van der Waals surface area (Å²) in [6.07, 6.45) is 1.90. The average molecular weight is 508 g/mol. The van der Waals surface area contributed by atoms with Crippen LogP contribution in [0.4, 0.5) is 4.39 Å². The minimum absolute atomic E-state index is 0.0706. The topological polar surface area (TPSA) is 105 Å². The summed E-state index contributed by atoms with van der Waals surface area (Å²) in [6.45, 7) is 1.74. The second kappa shape index (κ2) is 10.5. The summed E-state index contributed by atoms with van der Waals surface area (Å²) in [5.41, 5.74) is 6.53. The Morgan fingerprint density at radius 1 is 1.00 bits per heavy atom. The van der Waals surface area contributed by atoms with E-state index in [1.54, 1.807) is 37.3 Å². The zero-order chi connectivity index (χ0) is 26.6. The van der Waals surface area contributed by atoms with Gasteiger partial charge >= 0.3 is 5.97 Å². The van der Waals surface area contributed by atoms with E-state index in [1.165, 1.54) is 18.2 Å². The van der Waals surface area contributed by atoms with E-state index in [1.807, 2.05) is 24.3 Å². The Morgan fingerprint density at radius 3 is 2.37 bits per heavy atom. The fourth-order valence-corrected chi connectivity index (χ4v) is 4.40. The average Bonchev–Trinajstić information content (AvgIpc) is 3.29. The number of esters is 1. The lowest BCUT2D eigenvalue weighted by Gasteiger charge is -2.13. The number of carbonyl (C=O) groups excluding carboxylic acids is 2. The van der Waals surface area contributed by atoms with E-state index < -0.39 is 17.7 Å². The minimum atomic E-state index is -0.659. The largest absolute Gasteiger partial charge is 0.453 e. The van der Waals surface area contributed by atoms with E-state index in [0.29, 0.717) is 46.8 Å². The molecule has 1 N–H and O–H groups in total. The molecule has 188 valence electrons. The molecule has 1 aliphatic rings. The van der Waals surface area contributed by atoms with Gasteiger partial charge in [0.1, 0.15) is 17.3 Å². The number of nitriles is 1. The number of hydrogen-bond acceptors (Lipinski definition) is 6. The molecule has 0 fully saturated rings. The Morgan fingerprint density at radius 2 is 1.68 bits per heavy atom. The monoisotopic (exact) mass is 507 g/mol. The van der Waals surface area contributed by atoms with Crippen LogP contribution < -0.4 is 10.2 Å². The van der Waals surface area contributed by atoms with Gasteiger partial charge in [-0.05, 0) is 67.3 Å². The molecule has 7 nitrogen and oxygen atoms in total. The van der Waals surface area contributed by atoms with Gasteiger partial charge in [-0.2, -0.15) is 10.4 Å². The van der Waals surface area contributed by atoms with Crippen LogP contribution in [0.1, 0.15) is 56.2 Å². The van der Waals surface area contributed by atoms with Crippen molar-refractivity contribution in [1.82, 2.24) is 5.43 Å². The lowest BCUT2D eigenvalue weighted by molar-refractivity contribution is 0.0698. The van der Waals surface area contributed by atoms with Crippen molar-refractivity contribution in [2.75, 3.05) is 0 Å². The minimum Gasteiger partial charge on any atom is -0.453 e. The number of amides is 1. The normalized spacial score (nSPS) is 13.4. The maximum absolute atomic E-state index is 13.9. The number of hydrazone groups is 1. The third-order valence-electron chi connectivity index (χ3n) is 6.33. The number of carbonyl (C=O) groups is 2. The SMILES string of the molecule is Cc1c(C(=O)Oc2ccc(-c3ccc(C#N)cc3)cc2)oc2c1/C(=N/NC(=O)c1ccccc1F)CCC2. The molecule has 1 amide bonds. The van der Waals surface area contributed by atoms with Gasteiger partial charge in [0.15, 0.2) is 0 Å². The van der Waals surface area contributed by atoms with E-state index in [-0.39, 0.29) is 11.3 Å². The zero-order valence-corrected chi connectivity index (χ0v) is 20.5. The number of furan rings is 1. The summed E-state index contributed by atoms with van der Waals surface area (Å²) in [5.74, 6) is -0.918. The Bertz CT molecular complexity index is 1600. The van der Waals surface area contributed by atoms with Gasteiger partial charge in [0.25, 0.3) is 5.91 Å². The summed E-state index contributed by atoms with van der Waals surface area (Å²) >= 11 is 0. The summed E-state index contributed by atoms with van der Waals surface area (Å²) in [7, 11) is 0. The van der Waals surface area contributed by atoms with E-state index in [4.69, 9.17) is 14.4 Å². The first-order valence-corrected chi connectivity index (χ1v) is 12.0. The quantitative estimate of drug-likeness (QED) is 0.204. The number of ether oxygens (including phenoxy) is 1. The maximum atomic E-state index is 13.9. The van der Waals surface area contributed by atoms with Gasteiger partial charge in [0.05, 0.1) is 22.9 Å². The Labute approximate surface area is 218 Å². The fraction of sp³-hybridized carbons (Fsp3) is 0.133. The number of benzene rings is 3. The summed E-state index contributed by atoms with van der Waals surface area (Å²) in [4.78, 5) is 25.4. The van der Waals surface area contributed by atoms with E-state index in [0.717, 1.165) is 17.5 Å². The van der Waals surface area contributed by atoms with Crippen molar-refractivity contribution in [3.05, 3.63) is 112 Å². The molecule has 4 aromatic rings. The van der Waals surface area contributed by atoms with Crippen LogP contribution in [-0.4, -0.2) is 17.6 Å². The van der Waals surface area contributed by atoms with E-state index in [9.17, 15) is 14.0 Å². The van der Waals surface area contributed by atoms with Gasteiger partial charge in [0.2, 0.25) is 5.76 Å². The Balaban J connectivity index is 1.32. The van der Waals surface area contributed by atoms with Crippen LogP contribution in [0.15, 0.2) is 82.3 Å². The number of nitrogens with zero attached hydrogens (tertiary/aromatic N) is 2. The Hall–Kier alpha value is -5.03. The highest BCUT2D eigenvalue weighted by molar-refractivity contribution is 6.06. The fourth-order valence-electron chi connectivity index (χ4n) is 4.40. The molecular formula is C30H22FN3O4. The number of aryl methyl sites for hydroxylation is 1. The van der Waals surface area contributed by atoms with Crippen molar-refractivity contribution in [3.8, 4) is 22.9 Å². The maximum Gasteiger partial charge on any atom is 0.379 e. The van der Waals surface area contributed by atoms with Crippen molar-refractivity contribution >= 4 is 17.6 Å². The van der Waals surface area contributed by atoms with E-state index in [2.05, 4.69) is 16.6 Å². The van der Waals surface area contributed by atoms with Gasteiger partial charge in [-0.3, -0.25) is 4.79 Å². The molecule has 3 aromatic carbocycles.